The molecule has 1 aliphatic carbocycles. The first-order valence-corrected chi connectivity index (χ1v) is 11.7. The first-order chi connectivity index (χ1) is 20.2. The summed E-state index contributed by atoms with van der Waals surface area (Å²) in [5.74, 6) is -2.17. The number of ether oxygens (including phenoxy) is 1. The van der Waals surface area contributed by atoms with Crippen LogP contribution < -0.4 is 20.1 Å². The highest BCUT2D eigenvalue weighted by atomic mass is 35.5. The lowest BCUT2D eigenvalue weighted by Crippen LogP contribution is -2.45. The Hall–Kier alpha value is -2.78. The maximum Gasteiger partial charge on any atom is 0.328 e. The van der Waals surface area contributed by atoms with E-state index in [9.17, 15) is 18.0 Å². The van der Waals surface area contributed by atoms with Crippen LogP contribution in [-0.2, 0) is 16.4 Å². The topological polar surface area (TPSA) is 114 Å². The second-order valence-electron chi connectivity index (χ2n) is 6.92. The highest BCUT2D eigenvalue weighted by molar-refractivity contribution is 7.90. The molecule has 178 valence electrons. The van der Waals surface area contributed by atoms with E-state index in [0.29, 0.717) is 12.8 Å². The molecule has 0 atom stereocenters. The second-order valence-corrected chi connectivity index (χ2v) is 8.92. The van der Waals surface area contributed by atoms with Crippen molar-refractivity contribution in [1.82, 2.24) is 15.4 Å². The Kier molecular flexibility index (Phi) is 4.76. The van der Waals surface area contributed by atoms with E-state index in [4.69, 9.17) is 31.4 Å². The zero-order valence-electron chi connectivity index (χ0n) is 28.4. The molecule has 3 amide bonds. The average Bonchev–Trinajstić information content (AvgIpc) is 2.92. The van der Waals surface area contributed by atoms with Crippen LogP contribution in [0.2, 0.25) is 5.02 Å². The number of urea groups is 1. The summed E-state index contributed by atoms with van der Waals surface area (Å²) in [6.45, 7) is -3.57. The summed E-state index contributed by atoms with van der Waals surface area (Å²) in [6.07, 6.45) is 0.235. The van der Waals surface area contributed by atoms with Crippen molar-refractivity contribution in [2.24, 2.45) is 0 Å². The number of benzene rings is 2. The molecule has 1 fully saturated rings. The predicted molar refractivity (Wildman–Crippen MR) is 126 cm³/mol. The number of methoxy groups -OCH3 is 1. The fourth-order valence-electron chi connectivity index (χ4n) is 3.03. The molecule has 0 bridgehead atoms. The van der Waals surface area contributed by atoms with Gasteiger partial charge in [-0.3, -0.25) is 4.79 Å². The van der Waals surface area contributed by atoms with Crippen LogP contribution in [0.15, 0.2) is 47.2 Å². The third-order valence-electron chi connectivity index (χ3n) is 4.58. The lowest BCUT2D eigenvalue weighted by atomic mass is 9.96. The van der Waals surface area contributed by atoms with Crippen molar-refractivity contribution < 1.29 is 37.8 Å². The summed E-state index contributed by atoms with van der Waals surface area (Å²) in [5.41, 5.74) is -2.08. The maximum absolute atomic E-state index is 13.1. The summed E-state index contributed by atoms with van der Waals surface area (Å²) in [6, 6.07) is -8.93. The lowest BCUT2D eigenvalue weighted by molar-refractivity contribution is 0.0951. The van der Waals surface area contributed by atoms with Gasteiger partial charge in [0.25, 0.3) is 15.9 Å². The number of halogens is 1. The monoisotopic (exact) mass is 504 g/mol. The third kappa shape index (κ3) is 7.10. The van der Waals surface area contributed by atoms with E-state index in [2.05, 4.69) is 5.32 Å². The summed E-state index contributed by atoms with van der Waals surface area (Å²) in [7, 11) is -4.04. The molecule has 0 aromatic heterocycles. The Morgan fingerprint density at radius 3 is 2.52 bits per heavy atom. The minimum absolute atomic E-state index is 0.310. The van der Waals surface area contributed by atoms with Crippen LogP contribution >= 0.6 is 11.6 Å². The SMILES string of the molecule is [2H]c1c([2H])c(OC)c(C(=O)NC([2H])([2H])C([2H])([2H])c2c([2H])c([2H])c(S(=O)(=O)NC(=O)NC3CCCCC3)c([2H])c2[2H])c([2H])c1Cl. The zero-order valence-corrected chi connectivity index (χ0v) is 19.0. The molecule has 0 saturated heterocycles. The van der Waals surface area contributed by atoms with Crippen molar-refractivity contribution in [2.45, 2.75) is 49.4 Å². The summed E-state index contributed by atoms with van der Waals surface area (Å²) < 4.78 is 123. The van der Waals surface area contributed by atoms with Gasteiger partial charge in [0, 0.05) is 23.0 Å². The van der Waals surface area contributed by atoms with Crippen LogP contribution in [0.25, 0.3) is 0 Å². The molecule has 1 aliphatic rings. The molecule has 0 radical (unpaired) electrons. The molecule has 3 rings (SSSR count). The summed E-state index contributed by atoms with van der Waals surface area (Å²) in [5, 5.41) is 3.47. The van der Waals surface area contributed by atoms with Crippen LogP contribution in [0.4, 0.5) is 4.79 Å². The minimum atomic E-state index is -5.04. The molecule has 33 heavy (non-hydrogen) atoms. The van der Waals surface area contributed by atoms with Crippen molar-refractivity contribution in [3.63, 3.8) is 0 Å². The number of carbonyl (C=O) groups excluding carboxylic acids is 2. The predicted octanol–water partition coefficient (Wildman–Crippen LogP) is 3.64. The molecule has 2 aromatic rings. The Morgan fingerprint density at radius 2 is 1.85 bits per heavy atom. The van der Waals surface area contributed by atoms with Crippen LogP contribution in [-0.4, -0.2) is 40.0 Å². The molecule has 0 unspecified atom stereocenters. The largest absolute Gasteiger partial charge is 0.496 e. The number of nitrogens with one attached hydrogen (secondary N) is 3. The quantitative estimate of drug-likeness (QED) is 0.508. The fourth-order valence-corrected chi connectivity index (χ4v) is 3.95. The van der Waals surface area contributed by atoms with Gasteiger partial charge in [-0.2, -0.15) is 0 Å². The van der Waals surface area contributed by atoms with Gasteiger partial charge in [-0.25, -0.2) is 17.9 Å². The van der Waals surface area contributed by atoms with Gasteiger partial charge in [-0.1, -0.05) is 42.9 Å². The molecule has 10 heteroatoms. The van der Waals surface area contributed by atoms with E-state index in [1.165, 1.54) is 0 Å². The van der Waals surface area contributed by atoms with Gasteiger partial charge >= 0.3 is 6.03 Å². The number of rotatable bonds is 8. The van der Waals surface area contributed by atoms with Crippen LogP contribution in [0.1, 0.15) is 63.1 Å². The van der Waals surface area contributed by atoms with E-state index in [1.807, 2.05) is 0 Å². The first kappa shape index (κ1) is 13.8. The zero-order chi connectivity index (χ0) is 33.5. The van der Waals surface area contributed by atoms with Gasteiger partial charge < -0.3 is 15.4 Å². The third-order valence-corrected chi connectivity index (χ3v) is 5.97. The molecule has 0 heterocycles. The Labute approximate surface area is 214 Å². The van der Waals surface area contributed by atoms with E-state index in [1.54, 1.807) is 10.0 Å². The van der Waals surface area contributed by atoms with Crippen LogP contribution in [0, 0.1) is 0 Å². The van der Waals surface area contributed by atoms with Gasteiger partial charge in [0.15, 0.2) is 0 Å². The smallest absolute Gasteiger partial charge is 0.328 e. The number of hydrogen-bond acceptors (Lipinski definition) is 5. The molecule has 8 nitrogen and oxygen atoms in total. The molecular weight excluding hydrogens is 466 g/mol. The van der Waals surface area contributed by atoms with E-state index in [0.717, 1.165) is 26.4 Å². The highest BCUT2D eigenvalue weighted by Gasteiger charge is 2.21. The van der Waals surface area contributed by atoms with Gasteiger partial charge in [-0.05, 0) is 55.0 Å². The number of sulfonamides is 1. The van der Waals surface area contributed by atoms with Crippen LogP contribution in [0.3, 0.4) is 0 Å². The van der Waals surface area contributed by atoms with Crippen molar-refractivity contribution in [2.75, 3.05) is 13.6 Å². The fraction of sp³-hybridized carbons (Fsp3) is 0.391. The molecule has 2 aromatic carbocycles. The molecule has 0 spiro atoms. The number of hydrogen-bond donors (Lipinski definition) is 3. The normalized spacial score (nSPS) is 20.0. The molecule has 0 aliphatic heterocycles. The number of amides is 3. The van der Waals surface area contributed by atoms with Crippen molar-refractivity contribution >= 4 is 33.6 Å². The van der Waals surface area contributed by atoms with E-state index >= 15 is 0 Å². The van der Waals surface area contributed by atoms with Crippen molar-refractivity contribution in [3.8, 4) is 5.75 Å². The first-order valence-electron chi connectivity index (χ1n) is 15.3. The summed E-state index contributed by atoms with van der Waals surface area (Å²) >= 11 is 5.86. The Bertz CT molecular complexity index is 1590. The van der Waals surface area contributed by atoms with Gasteiger partial charge in [0.2, 0.25) is 0 Å². The van der Waals surface area contributed by atoms with E-state index < -0.39 is 104 Å². The Morgan fingerprint density at radius 1 is 1.15 bits per heavy atom. The highest BCUT2D eigenvalue weighted by Crippen LogP contribution is 2.22. The molecular formula is C23H28ClN3O5S. The summed E-state index contributed by atoms with van der Waals surface area (Å²) in [4.78, 5) is 24.2. The van der Waals surface area contributed by atoms with Crippen molar-refractivity contribution in [3.05, 3.63) is 58.4 Å². The van der Waals surface area contributed by atoms with E-state index in [-0.39, 0.29) is 6.04 Å². The van der Waals surface area contributed by atoms with Crippen LogP contribution in [0.5, 0.6) is 5.75 Å². The molecule has 3 N–H and O–H groups in total. The maximum atomic E-state index is 13.1. The standard InChI is InChI=1S/C23H28ClN3O5S/c1-32-21-12-9-17(24)15-20(21)22(28)25-14-13-16-7-10-19(11-8-16)33(30,31)27-23(29)26-18-5-3-2-4-6-18/h7-12,15,18H,2-6,13-14H2,1H3,(H,25,28)(H2,26,27,29)/i7D,8D,9D,10D,11D,12D,13D2,14D2,15D. The lowest BCUT2D eigenvalue weighted by Gasteiger charge is -2.22. The number of carbonyl (C=O) groups is 2. The molecule has 1 saturated carbocycles. The average molecular weight is 505 g/mol. The van der Waals surface area contributed by atoms with Gasteiger partial charge in [0.1, 0.15) is 5.75 Å². The van der Waals surface area contributed by atoms with Gasteiger partial charge in [0.05, 0.1) is 27.2 Å². The second kappa shape index (κ2) is 11.4. The minimum Gasteiger partial charge on any atom is -0.496 e. The van der Waals surface area contributed by atoms with Crippen molar-refractivity contribution in [1.29, 1.82) is 0 Å². The Balaban J connectivity index is 2.02. The van der Waals surface area contributed by atoms with Gasteiger partial charge in [-0.15, -0.1) is 0 Å².